The molecule has 3 N–H and O–H groups in total. The van der Waals surface area contributed by atoms with Crippen molar-refractivity contribution in [2.24, 2.45) is 5.92 Å². The van der Waals surface area contributed by atoms with Crippen molar-refractivity contribution in [3.63, 3.8) is 0 Å². The van der Waals surface area contributed by atoms with Crippen LogP contribution in [0, 0.1) is 5.92 Å². The predicted octanol–water partition coefficient (Wildman–Crippen LogP) is 21.7. The second kappa shape index (κ2) is 67.3. The molecule has 17 nitrogen and oxygen atoms in total. The molecule has 0 aromatic rings. The third kappa shape index (κ3) is 68.4. The number of carbonyl (C=O) groups is 4. The van der Waals surface area contributed by atoms with E-state index in [4.69, 9.17) is 37.0 Å². The second-order valence-corrected chi connectivity index (χ2v) is 30.1. The third-order valence-electron chi connectivity index (χ3n) is 17.3. The smallest absolute Gasteiger partial charge is 0.462 e. The molecule has 0 aromatic heterocycles. The van der Waals surface area contributed by atoms with Crippen molar-refractivity contribution in [3.8, 4) is 0 Å². The van der Waals surface area contributed by atoms with E-state index in [-0.39, 0.29) is 25.7 Å². The minimum Gasteiger partial charge on any atom is -0.462 e. The van der Waals surface area contributed by atoms with Crippen molar-refractivity contribution in [1.82, 2.24) is 0 Å². The summed E-state index contributed by atoms with van der Waals surface area (Å²) < 4.78 is 68.4. The Balaban J connectivity index is 5.21. The first kappa shape index (κ1) is 91.1. The van der Waals surface area contributed by atoms with Crippen LogP contribution in [-0.4, -0.2) is 96.7 Å². The summed E-state index contributed by atoms with van der Waals surface area (Å²) in [6.45, 7) is 7.20. The van der Waals surface area contributed by atoms with Crippen LogP contribution in [0.1, 0.15) is 388 Å². The largest absolute Gasteiger partial charge is 0.472 e. The number of esters is 4. The Morgan fingerprint density at radius 2 is 0.495 bits per heavy atom. The van der Waals surface area contributed by atoms with Gasteiger partial charge in [0.25, 0.3) is 0 Å². The van der Waals surface area contributed by atoms with Crippen LogP contribution in [0.15, 0.2) is 0 Å². The van der Waals surface area contributed by atoms with Crippen molar-refractivity contribution >= 4 is 39.5 Å². The number of aliphatic hydroxyl groups excluding tert-OH is 1. The van der Waals surface area contributed by atoms with Crippen molar-refractivity contribution in [2.75, 3.05) is 39.6 Å². The van der Waals surface area contributed by atoms with Gasteiger partial charge in [0.15, 0.2) is 12.2 Å². The molecule has 0 aliphatic rings. The Kier molecular flexibility index (Phi) is 65.9. The summed E-state index contributed by atoms with van der Waals surface area (Å²) in [7, 11) is -9.90. The molecule has 0 spiro atoms. The van der Waals surface area contributed by atoms with Gasteiger partial charge in [0, 0.05) is 25.7 Å². The van der Waals surface area contributed by atoms with E-state index in [2.05, 4.69) is 34.6 Å². The molecule has 93 heavy (non-hydrogen) atoms. The molecule has 0 aliphatic heterocycles. The predicted molar refractivity (Wildman–Crippen MR) is 377 cm³/mol. The van der Waals surface area contributed by atoms with Crippen LogP contribution in [0.2, 0.25) is 0 Å². The molecule has 0 radical (unpaired) electrons. The van der Waals surface area contributed by atoms with Crippen LogP contribution in [0.25, 0.3) is 0 Å². The summed E-state index contributed by atoms with van der Waals surface area (Å²) in [4.78, 5) is 72.7. The van der Waals surface area contributed by atoms with Gasteiger partial charge in [-0.25, -0.2) is 9.13 Å². The standard InChI is InChI=1S/C74H144O17P2/c1-6-9-12-15-18-21-24-27-28-29-30-31-32-34-37-40-43-50-55-60-74(79)90-69(63-84-71(76)57-52-47-41-38-36-33-25-22-19-16-13-10-7-2)65-88-92(80,81)86-61-68(75)62-87-93(82,83)89-66-70(64-85-72(77)58-53-48-45-44-46-51-56-67(4)5)91-73(78)59-54-49-42-39-35-26-23-20-17-14-11-8-3/h67-70,75H,6-66H2,1-5H3,(H,80,81)(H,82,83)/t68-,69-,70-/m1/s1. The number of hydrogen-bond acceptors (Lipinski definition) is 15. The lowest BCUT2D eigenvalue weighted by molar-refractivity contribution is -0.161. The number of rotatable bonds is 74. The van der Waals surface area contributed by atoms with Crippen LogP contribution in [0.3, 0.4) is 0 Å². The number of ether oxygens (including phenoxy) is 4. The number of phosphoric acid groups is 2. The van der Waals surface area contributed by atoms with E-state index in [1.807, 2.05) is 0 Å². The average Bonchev–Trinajstić information content (AvgIpc) is 1.70. The van der Waals surface area contributed by atoms with Crippen LogP contribution in [0.4, 0.5) is 0 Å². The molecule has 0 aromatic carbocycles. The Hall–Kier alpha value is -1.94. The summed E-state index contributed by atoms with van der Waals surface area (Å²) in [5.41, 5.74) is 0. The Labute approximate surface area is 568 Å². The molecule has 0 saturated heterocycles. The third-order valence-corrected chi connectivity index (χ3v) is 19.2. The van der Waals surface area contributed by atoms with E-state index in [1.165, 1.54) is 205 Å². The van der Waals surface area contributed by atoms with E-state index in [0.717, 1.165) is 96.3 Å². The fourth-order valence-electron chi connectivity index (χ4n) is 11.4. The lowest BCUT2D eigenvalue weighted by Gasteiger charge is -2.21. The van der Waals surface area contributed by atoms with Gasteiger partial charge in [-0.3, -0.25) is 37.3 Å². The first-order valence-corrected chi connectivity index (χ1v) is 41.6. The average molecular weight is 1370 g/mol. The summed E-state index contributed by atoms with van der Waals surface area (Å²) in [5.74, 6) is -1.44. The normalized spacial score (nSPS) is 14.0. The van der Waals surface area contributed by atoms with Crippen molar-refractivity contribution in [1.29, 1.82) is 0 Å². The Bertz CT molecular complexity index is 1790. The van der Waals surface area contributed by atoms with E-state index in [9.17, 15) is 43.2 Å². The zero-order valence-corrected chi connectivity index (χ0v) is 62.2. The molecule has 0 heterocycles. The van der Waals surface area contributed by atoms with Gasteiger partial charge < -0.3 is 33.8 Å². The SMILES string of the molecule is CCCCCCCCCCCCCCCCCCCCCC(=O)O[C@H](COC(=O)CCCCCCCCCCCCCCC)COP(=O)(O)OC[C@@H](O)COP(=O)(O)OC[C@@H](COC(=O)CCCCCCCCC(C)C)OC(=O)CCCCCCCCCCCCCC. The maximum absolute atomic E-state index is 13.1. The maximum Gasteiger partial charge on any atom is 0.472 e. The van der Waals surface area contributed by atoms with Gasteiger partial charge in [-0.15, -0.1) is 0 Å². The monoisotopic (exact) mass is 1370 g/mol. The lowest BCUT2D eigenvalue weighted by Crippen LogP contribution is -2.30. The van der Waals surface area contributed by atoms with E-state index in [1.54, 1.807) is 0 Å². The highest BCUT2D eigenvalue weighted by atomic mass is 31.2. The molecule has 0 amide bonds. The highest BCUT2D eigenvalue weighted by molar-refractivity contribution is 7.47. The minimum absolute atomic E-state index is 0.107. The number of hydrogen-bond donors (Lipinski definition) is 3. The molecule has 0 fully saturated rings. The van der Waals surface area contributed by atoms with Crippen molar-refractivity contribution in [2.45, 2.75) is 406 Å². The van der Waals surface area contributed by atoms with Gasteiger partial charge in [-0.2, -0.15) is 0 Å². The zero-order valence-electron chi connectivity index (χ0n) is 60.4. The zero-order chi connectivity index (χ0) is 68.4. The molecular formula is C74H144O17P2. The number of unbranched alkanes of at least 4 members (excludes halogenated alkanes) is 46. The van der Waals surface area contributed by atoms with Crippen molar-refractivity contribution in [3.05, 3.63) is 0 Å². The molecule has 2 unspecified atom stereocenters. The lowest BCUT2D eigenvalue weighted by atomic mass is 10.0. The fraction of sp³-hybridized carbons (Fsp3) is 0.946. The van der Waals surface area contributed by atoms with Crippen LogP contribution < -0.4 is 0 Å². The number of aliphatic hydroxyl groups is 1. The van der Waals surface area contributed by atoms with Crippen LogP contribution in [-0.2, 0) is 65.4 Å². The molecule has 5 atom stereocenters. The minimum atomic E-state index is -4.95. The van der Waals surface area contributed by atoms with Gasteiger partial charge in [0.05, 0.1) is 26.4 Å². The first-order chi connectivity index (χ1) is 45.0. The van der Waals surface area contributed by atoms with Crippen LogP contribution >= 0.6 is 15.6 Å². The second-order valence-electron chi connectivity index (χ2n) is 27.2. The molecular weight excluding hydrogens is 1220 g/mol. The van der Waals surface area contributed by atoms with Gasteiger partial charge in [0.2, 0.25) is 0 Å². The van der Waals surface area contributed by atoms with E-state index < -0.39 is 97.5 Å². The fourth-order valence-corrected chi connectivity index (χ4v) is 12.9. The van der Waals surface area contributed by atoms with Gasteiger partial charge >= 0.3 is 39.5 Å². The number of phosphoric ester groups is 2. The Morgan fingerprint density at radius 1 is 0.290 bits per heavy atom. The van der Waals surface area contributed by atoms with E-state index >= 15 is 0 Å². The maximum atomic E-state index is 13.1. The van der Waals surface area contributed by atoms with E-state index in [0.29, 0.717) is 31.6 Å². The summed E-state index contributed by atoms with van der Waals surface area (Å²) >= 11 is 0. The van der Waals surface area contributed by atoms with Crippen molar-refractivity contribution < 1.29 is 80.2 Å². The quantitative estimate of drug-likeness (QED) is 0.0222. The molecule has 552 valence electrons. The van der Waals surface area contributed by atoms with Crippen LogP contribution in [0.5, 0.6) is 0 Å². The molecule has 0 aliphatic carbocycles. The highest BCUT2D eigenvalue weighted by Crippen LogP contribution is 2.45. The van der Waals surface area contributed by atoms with Gasteiger partial charge in [-0.05, 0) is 31.6 Å². The first-order valence-electron chi connectivity index (χ1n) is 38.6. The Morgan fingerprint density at radius 3 is 0.731 bits per heavy atom. The summed E-state index contributed by atoms with van der Waals surface area (Å²) in [6, 6.07) is 0. The molecule has 0 rings (SSSR count). The molecule has 0 saturated carbocycles. The molecule has 0 bridgehead atoms. The van der Waals surface area contributed by atoms with Gasteiger partial charge in [0.1, 0.15) is 19.3 Å². The van der Waals surface area contributed by atoms with Gasteiger partial charge in [-0.1, -0.05) is 336 Å². The summed E-state index contributed by atoms with van der Waals surface area (Å²) in [6.07, 6.45) is 55.6. The highest BCUT2D eigenvalue weighted by Gasteiger charge is 2.30. The molecule has 19 heteroatoms. The number of carbonyl (C=O) groups excluding carboxylic acids is 4. The summed E-state index contributed by atoms with van der Waals surface area (Å²) in [5, 5.41) is 10.6. The topological polar surface area (TPSA) is 237 Å².